The van der Waals surface area contributed by atoms with Gasteiger partial charge in [-0.05, 0) is 24.0 Å². The molecule has 0 amide bonds. The lowest BCUT2D eigenvalue weighted by Crippen LogP contribution is -2.32. The van der Waals surface area contributed by atoms with Crippen LogP contribution in [0.5, 0.6) is 0 Å². The predicted molar refractivity (Wildman–Crippen MR) is 98.8 cm³/mol. The van der Waals surface area contributed by atoms with Crippen LogP contribution in [0.2, 0.25) is 0 Å². The number of hydrogen-bond acceptors (Lipinski definition) is 6. The molecular formula is C18H17N3O4S. The number of nitrogens with zero attached hydrogens (tertiary/aromatic N) is 2. The van der Waals surface area contributed by atoms with Crippen molar-refractivity contribution in [3.8, 4) is 0 Å². The smallest absolute Gasteiger partial charge is 0.340 e. The lowest BCUT2D eigenvalue weighted by atomic mass is 10.0. The van der Waals surface area contributed by atoms with Gasteiger partial charge in [0.15, 0.2) is 0 Å². The SMILES string of the molecule is O=C(O)c1c(Nn2c(=O)c2=O)sc2c1CN(CCc1ccccc1)CC2. The summed E-state index contributed by atoms with van der Waals surface area (Å²) in [4.78, 5) is 37.4. The van der Waals surface area contributed by atoms with E-state index in [0.717, 1.165) is 41.0 Å². The van der Waals surface area contributed by atoms with Gasteiger partial charge in [-0.25, -0.2) is 4.79 Å². The fourth-order valence-corrected chi connectivity index (χ4v) is 4.39. The minimum Gasteiger partial charge on any atom is -0.478 e. The Morgan fingerprint density at radius 1 is 1.19 bits per heavy atom. The number of thiophene rings is 1. The molecule has 0 unspecified atom stereocenters. The molecule has 1 aromatic carbocycles. The highest BCUT2D eigenvalue weighted by atomic mass is 32.1. The molecule has 134 valence electrons. The summed E-state index contributed by atoms with van der Waals surface area (Å²) in [5.74, 6) is -1.04. The minimum atomic E-state index is -1.04. The maximum absolute atomic E-state index is 11.8. The number of nitrogens with one attached hydrogen (secondary N) is 1. The van der Waals surface area contributed by atoms with Crippen LogP contribution >= 0.6 is 11.3 Å². The van der Waals surface area contributed by atoms with Crippen molar-refractivity contribution in [2.75, 3.05) is 18.5 Å². The molecule has 0 saturated carbocycles. The molecule has 2 aromatic heterocycles. The summed E-state index contributed by atoms with van der Waals surface area (Å²) in [6.07, 6.45) is 1.67. The van der Waals surface area contributed by atoms with Crippen LogP contribution in [0.1, 0.15) is 26.4 Å². The molecule has 0 aliphatic carbocycles. The van der Waals surface area contributed by atoms with E-state index >= 15 is 0 Å². The summed E-state index contributed by atoms with van der Waals surface area (Å²) < 4.78 is 0.844. The van der Waals surface area contributed by atoms with Gasteiger partial charge >= 0.3 is 17.1 Å². The average molecular weight is 371 g/mol. The molecule has 26 heavy (non-hydrogen) atoms. The van der Waals surface area contributed by atoms with Gasteiger partial charge in [-0.3, -0.25) is 19.9 Å². The van der Waals surface area contributed by atoms with Crippen molar-refractivity contribution < 1.29 is 9.90 Å². The van der Waals surface area contributed by atoms with Gasteiger partial charge in [-0.2, -0.15) is 4.68 Å². The molecular weight excluding hydrogens is 354 g/mol. The topological polar surface area (TPSA) is 91.6 Å². The zero-order valence-corrected chi connectivity index (χ0v) is 14.7. The third-order valence-electron chi connectivity index (χ3n) is 4.65. The first-order chi connectivity index (χ1) is 12.5. The number of benzene rings is 1. The number of carboxylic acids is 1. The van der Waals surface area contributed by atoms with Crippen LogP contribution < -0.4 is 16.5 Å². The van der Waals surface area contributed by atoms with Crippen molar-refractivity contribution in [1.29, 1.82) is 0 Å². The second kappa shape index (κ2) is 6.54. The van der Waals surface area contributed by atoms with E-state index in [1.54, 1.807) is 0 Å². The van der Waals surface area contributed by atoms with Crippen LogP contribution in [-0.4, -0.2) is 33.7 Å². The van der Waals surface area contributed by atoms with Crippen molar-refractivity contribution in [2.24, 2.45) is 0 Å². The van der Waals surface area contributed by atoms with Gasteiger partial charge in [-0.15, -0.1) is 11.3 Å². The van der Waals surface area contributed by atoms with Crippen molar-refractivity contribution >= 4 is 22.3 Å². The summed E-state index contributed by atoms with van der Waals surface area (Å²) in [7, 11) is 0. The van der Waals surface area contributed by atoms with Gasteiger partial charge in [-0.1, -0.05) is 30.3 Å². The largest absolute Gasteiger partial charge is 0.478 e. The van der Waals surface area contributed by atoms with Crippen LogP contribution in [0.25, 0.3) is 0 Å². The monoisotopic (exact) mass is 371 g/mol. The van der Waals surface area contributed by atoms with E-state index in [1.165, 1.54) is 16.9 Å². The molecule has 3 heterocycles. The fraction of sp³-hybridized carbons (Fsp3) is 0.278. The van der Waals surface area contributed by atoms with Crippen LogP contribution in [0.3, 0.4) is 0 Å². The Bertz CT molecular complexity index is 1000. The number of aromatic nitrogens is 1. The molecule has 1 aliphatic heterocycles. The molecule has 3 aromatic rings. The van der Waals surface area contributed by atoms with E-state index in [-0.39, 0.29) is 5.56 Å². The van der Waals surface area contributed by atoms with E-state index in [4.69, 9.17) is 0 Å². The molecule has 0 spiro atoms. The van der Waals surface area contributed by atoms with Crippen molar-refractivity contribution in [3.63, 3.8) is 0 Å². The molecule has 4 rings (SSSR count). The lowest BCUT2D eigenvalue weighted by Gasteiger charge is -2.27. The number of anilines is 1. The molecule has 7 nitrogen and oxygen atoms in total. The van der Waals surface area contributed by atoms with Crippen LogP contribution in [0.4, 0.5) is 5.00 Å². The zero-order chi connectivity index (χ0) is 18.3. The van der Waals surface area contributed by atoms with Crippen LogP contribution in [0.15, 0.2) is 39.9 Å². The number of aromatic carboxylic acids is 1. The predicted octanol–water partition coefficient (Wildman–Crippen LogP) is 1.32. The molecule has 0 radical (unpaired) electrons. The molecule has 0 fully saturated rings. The van der Waals surface area contributed by atoms with E-state index in [2.05, 4.69) is 22.5 Å². The quantitative estimate of drug-likeness (QED) is 0.635. The first-order valence-corrected chi connectivity index (χ1v) is 9.15. The molecule has 2 N–H and O–H groups in total. The lowest BCUT2D eigenvalue weighted by molar-refractivity contribution is 0.0695. The minimum absolute atomic E-state index is 0.168. The Morgan fingerprint density at radius 2 is 1.92 bits per heavy atom. The second-order valence-corrected chi connectivity index (χ2v) is 7.44. The fourth-order valence-electron chi connectivity index (χ4n) is 3.21. The average Bonchev–Trinajstić information content (AvgIpc) is 3.05. The Labute approximate surface area is 152 Å². The molecule has 1 aliphatic rings. The first kappa shape index (κ1) is 16.7. The Hall–Kier alpha value is -2.71. The van der Waals surface area contributed by atoms with E-state index in [9.17, 15) is 19.5 Å². The highest BCUT2D eigenvalue weighted by Crippen LogP contribution is 2.37. The molecule has 0 bridgehead atoms. The van der Waals surface area contributed by atoms with Gasteiger partial charge in [0, 0.05) is 24.5 Å². The molecule has 0 atom stereocenters. The van der Waals surface area contributed by atoms with Crippen molar-refractivity contribution in [3.05, 3.63) is 72.6 Å². The molecule has 8 heteroatoms. The van der Waals surface area contributed by atoms with Crippen LogP contribution in [0, 0.1) is 0 Å². The third-order valence-corrected chi connectivity index (χ3v) is 5.85. The van der Waals surface area contributed by atoms with Crippen molar-refractivity contribution in [1.82, 2.24) is 9.58 Å². The van der Waals surface area contributed by atoms with Gasteiger partial charge in [0.25, 0.3) is 0 Å². The maximum atomic E-state index is 11.8. The van der Waals surface area contributed by atoms with Crippen molar-refractivity contribution in [2.45, 2.75) is 19.4 Å². The highest BCUT2D eigenvalue weighted by molar-refractivity contribution is 7.16. The second-order valence-electron chi connectivity index (χ2n) is 6.33. The van der Waals surface area contributed by atoms with E-state index in [0.29, 0.717) is 11.5 Å². The zero-order valence-electron chi connectivity index (χ0n) is 13.9. The van der Waals surface area contributed by atoms with E-state index in [1.807, 2.05) is 18.2 Å². The number of fused-ring (bicyclic) bond motifs is 1. The van der Waals surface area contributed by atoms with Gasteiger partial charge in [0.1, 0.15) is 10.6 Å². The Kier molecular flexibility index (Phi) is 4.21. The maximum Gasteiger partial charge on any atom is 0.340 e. The summed E-state index contributed by atoms with van der Waals surface area (Å²) in [5, 5.41) is 9.98. The summed E-state index contributed by atoms with van der Waals surface area (Å²) in [6.45, 7) is 2.27. The van der Waals surface area contributed by atoms with E-state index < -0.39 is 17.1 Å². The standard InChI is InChI=1S/C18H17N3O4S/c22-16-17(23)21(16)19-15-14(18(24)25)12-10-20(9-7-13(12)26-15)8-6-11-4-2-1-3-5-11/h1-5,19H,6-10H2,(H,24,25). The summed E-state index contributed by atoms with van der Waals surface area (Å²) in [6, 6.07) is 10.2. The highest BCUT2D eigenvalue weighted by Gasteiger charge is 2.29. The Balaban J connectivity index is 1.53. The third kappa shape index (κ3) is 3.09. The first-order valence-electron chi connectivity index (χ1n) is 8.34. The van der Waals surface area contributed by atoms with Gasteiger partial charge in [0.05, 0.1) is 0 Å². The van der Waals surface area contributed by atoms with Gasteiger partial charge < -0.3 is 5.11 Å². The summed E-state index contributed by atoms with van der Waals surface area (Å²) in [5.41, 5.74) is 3.57. The molecule has 0 saturated heterocycles. The number of carboxylic acid groups (broad SMARTS) is 1. The van der Waals surface area contributed by atoms with Gasteiger partial charge in [0.2, 0.25) is 0 Å². The normalized spacial score (nSPS) is 14.5. The Morgan fingerprint density at radius 3 is 2.58 bits per heavy atom. The van der Waals surface area contributed by atoms with Crippen LogP contribution in [-0.2, 0) is 19.4 Å². The number of rotatable bonds is 6. The summed E-state index contributed by atoms with van der Waals surface area (Å²) >= 11 is 1.31. The number of carbonyl (C=O) groups is 1. The number of hydrogen-bond donors (Lipinski definition) is 2.